The van der Waals surface area contributed by atoms with Crippen LogP contribution in [0.3, 0.4) is 0 Å². The Morgan fingerprint density at radius 3 is 2.95 bits per heavy atom. The number of nitrogens with two attached hydrogens (primary N) is 1. The van der Waals surface area contributed by atoms with Crippen molar-refractivity contribution in [2.75, 3.05) is 18.6 Å². The highest BCUT2D eigenvalue weighted by Crippen LogP contribution is 2.11. The number of hydrogen-bond acceptors (Lipinski definition) is 3. The molecule has 0 fully saturated rings. The molecule has 0 aliphatic heterocycles. The molecule has 0 aromatic heterocycles. The zero-order valence-corrected chi connectivity index (χ0v) is 12.5. The Kier molecular flexibility index (Phi) is 7.13. The zero-order chi connectivity index (χ0) is 15.0. The van der Waals surface area contributed by atoms with Crippen LogP contribution in [-0.4, -0.2) is 30.5 Å². The number of carbonyl (C=O) groups excluding carboxylic acids is 1. The van der Waals surface area contributed by atoms with Gasteiger partial charge in [-0.3, -0.25) is 4.79 Å². The summed E-state index contributed by atoms with van der Waals surface area (Å²) in [5.41, 5.74) is 6.05. The smallest absolute Gasteiger partial charge is 0.252 e. The molecule has 0 radical (unpaired) electrons. The molecule has 108 valence electrons. The fraction of sp³-hybridized carbons (Fsp3) is 0.400. The van der Waals surface area contributed by atoms with Gasteiger partial charge in [0.05, 0.1) is 12.1 Å². The van der Waals surface area contributed by atoms with Crippen LogP contribution in [0.25, 0.3) is 0 Å². The fourth-order valence-electron chi connectivity index (χ4n) is 1.63. The Morgan fingerprint density at radius 1 is 1.55 bits per heavy atom. The van der Waals surface area contributed by atoms with Gasteiger partial charge in [0.15, 0.2) is 0 Å². The van der Waals surface area contributed by atoms with Crippen LogP contribution in [0.5, 0.6) is 0 Å². The van der Waals surface area contributed by atoms with E-state index in [9.17, 15) is 9.18 Å². The minimum atomic E-state index is -0.418. The fourth-order valence-corrected chi connectivity index (χ4v) is 2.22. The SMILES string of the molecule is CSCCC(C)NC(=O)c1ccc(F)cc1C#CCN. The summed E-state index contributed by atoms with van der Waals surface area (Å²) in [7, 11) is 0. The standard InChI is InChI=1S/C15H19FN2OS/c1-11(7-9-20-2)18-15(19)14-6-5-13(16)10-12(14)4-3-8-17/h5-6,10-11H,7-9,17H2,1-2H3,(H,18,19). The van der Waals surface area contributed by atoms with Crippen LogP contribution < -0.4 is 11.1 Å². The molecule has 1 rings (SSSR count). The lowest BCUT2D eigenvalue weighted by atomic mass is 10.1. The summed E-state index contributed by atoms with van der Waals surface area (Å²) in [6.45, 7) is 2.12. The molecule has 1 unspecified atom stereocenters. The second kappa shape index (κ2) is 8.62. The van der Waals surface area contributed by atoms with E-state index >= 15 is 0 Å². The Balaban J connectivity index is 2.86. The van der Waals surface area contributed by atoms with Gasteiger partial charge in [0, 0.05) is 11.6 Å². The van der Waals surface area contributed by atoms with E-state index in [2.05, 4.69) is 17.2 Å². The number of carbonyl (C=O) groups is 1. The molecule has 0 spiro atoms. The first-order valence-corrected chi connectivity index (χ1v) is 7.76. The summed E-state index contributed by atoms with van der Waals surface area (Å²) >= 11 is 1.73. The van der Waals surface area contributed by atoms with Gasteiger partial charge in [-0.25, -0.2) is 4.39 Å². The van der Waals surface area contributed by atoms with Crippen molar-refractivity contribution in [2.24, 2.45) is 5.73 Å². The first kappa shape index (κ1) is 16.5. The van der Waals surface area contributed by atoms with Crippen LogP contribution in [0.15, 0.2) is 18.2 Å². The van der Waals surface area contributed by atoms with Gasteiger partial charge in [-0.15, -0.1) is 0 Å². The Hall–Kier alpha value is -1.51. The van der Waals surface area contributed by atoms with Gasteiger partial charge in [-0.1, -0.05) is 11.8 Å². The molecule has 20 heavy (non-hydrogen) atoms. The van der Waals surface area contributed by atoms with Gasteiger partial charge in [-0.2, -0.15) is 11.8 Å². The minimum Gasteiger partial charge on any atom is -0.350 e. The zero-order valence-electron chi connectivity index (χ0n) is 11.7. The van der Waals surface area contributed by atoms with Crippen LogP contribution in [0.4, 0.5) is 4.39 Å². The lowest BCUT2D eigenvalue weighted by Gasteiger charge is -2.14. The topological polar surface area (TPSA) is 55.1 Å². The number of benzene rings is 1. The van der Waals surface area contributed by atoms with E-state index < -0.39 is 5.82 Å². The summed E-state index contributed by atoms with van der Waals surface area (Å²) in [6.07, 6.45) is 2.91. The molecule has 0 saturated heterocycles. The van der Waals surface area contributed by atoms with E-state index in [0.29, 0.717) is 11.1 Å². The molecule has 0 saturated carbocycles. The van der Waals surface area contributed by atoms with Crippen molar-refractivity contribution in [3.63, 3.8) is 0 Å². The summed E-state index contributed by atoms with van der Waals surface area (Å²) < 4.78 is 13.2. The maximum Gasteiger partial charge on any atom is 0.252 e. The Bertz CT molecular complexity index is 522. The van der Waals surface area contributed by atoms with E-state index in [-0.39, 0.29) is 18.5 Å². The molecule has 0 aliphatic carbocycles. The predicted octanol–water partition coefficient (Wildman–Crippen LogP) is 2.01. The maximum absolute atomic E-state index is 13.2. The van der Waals surface area contributed by atoms with Crippen LogP contribution >= 0.6 is 11.8 Å². The van der Waals surface area contributed by atoms with Crippen molar-refractivity contribution in [2.45, 2.75) is 19.4 Å². The maximum atomic E-state index is 13.2. The summed E-state index contributed by atoms with van der Waals surface area (Å²) in [4.78, 5) is 12.2. The lowest BCUT2D eigenvalue weighted by molar-refractivity contribution is 0.0939. The van der Waals surface area contributed by atoms with E-state index in [1.165, 1.54) is 18.2 Å². The second-order valence-electron chi connectivity index (χ2n) is 4.35. The molecule has 1 atom stereocenters. The molecule has 1 aromatic rings. The molecule has 1 amide bonds. The third kappa shape index (κ3) is 5.24. The third-order valence-corrected chi connectivity index (χ3v) is 3.33. The summed E-state index contributed by atoms with van der Waals surface area (Å²) in [5, 5.41) is 2.89. The van der Waals surface area contributed by atoms with Gasteiger partial charge in [0.1, 0.15) is 5.82 Å². The molecule has 0 heterocycles. The quantitative estimate of drug-likeness (QED) is 0.817. The number of amides is 1. The monoisotopic (exact) mass is 294 g/mol. The highest BCUT2D eigenvalue weighted by atomic mass is 32.2. The highest BCUT2D eigenvalue weighted by molar-refractivity contribution is 7.98. The first-order chi connectivity index (χ1) is 9.58. The number of rotatable bonds is 5. The van der Waals surface area contributed by atoms with E-state index in [1.807, 2.05) is 13.2 Å². The molecule has 0 bridgehead atoms. The lowest BCUT2D eigenvalue weighted by Crippen LogP contribution is -2.33. The van der Waals surface area contributed by atoms with Crippen LogP contribution in [0, 0.1) is 17.7 Å². The Labute approximate surface area is 123 Å². The van der Waals surface area contributed by atoms with E-state index in [4.69, 9.17) is 5.73 Å². The normalized spacial score (nSPS) is 11.4. The number of hydrogen-bond donors (Lipinski definition) is 2. The van der Waals surface area contributed by atoms with Gasteiger partial charge >= 0.3 is 0 Å². The third-order valence-electron chi connectivity index (χ3n) is 2.68. The van der Waals surface area contributed by atoms with Crippen LogP contribution in [0.1, 0.15) is 29.3 Å². The van der Waals surface area contributed by atoms with Crippen molar-refractivity contribution >= 4 is 17.7 Å². The number of nitrogens with one attached hydrogen (secondary N) is 1. The summed E-state index contributed by atoms with van der Waals surface area (Å²) in [6, 6.07) is 4.03. The van der Waals surface area contributed by atoms with Crippen LogP contribution in [-0.2, 0) is 0 Å². The van der Waals surface area contributed by atoms with Crippen molar-refractivity contribution in [1.29, 1.82) is 0 Å². The molecular weight excluding hydrogens is 275 g/mol. The van der Waals surface area contributed by atoms with Crippen LogP contribution in [0.2, 0.25) is 0 Å². The van der Waals surface area contributed by atoms with E-state index in [0.717, 1.165) is 12.2 Å². The molecule has 0 aliphatic rings. The Morgan fingerprint density at radius 2 is 2.30 bits per heavy atom. The van der Waals surface area contributed by atoms with Gasteiger partial charge < -0.3 is 11.1 Å². The van der Waals surface area contributed by atoms with Gasteiger partial charge in [0.25, 0.3) is 5.91 Å². The molecular formula is C15H19FN2OS. The van der Waals surface area contributed by atoms with Crippen molar-refractivity contribution in [3.8, 4) is 11.8 Å². The van der Waals surface area contributed by atoms with Crippen molar-refractivity contribution in [1.82, 2.24) is 5.32 Å². The minimum absolute atomic E-state index is 0.0651. The second-order valence-corrected chi connectivity index (χ2v) is 5.34. The molecule has 3 N–H and O–H groups in total. The number of halogens is 1. The average Bonchev–Trinajstić information content (AvgIpc) is 2.42. The van der Waals surface area contributed by atoms with Crippen molar-refractivity contribution in [3.05, 3.63) is 35.1 Å². The first-order valence-electron chi connectivity index (χ1n) is 6.36. The van der Waals surface area contributed by atoms with Gasteiger partial charge in [-0.05, 0) is 43.6 Å². The molecule has 3 nitrogen and oxygen atoms in total. The largest absolute Gasteiger partial charge is 0.350 e. The highest BCUT2D eigenvalue weighted by Gasteiger charge is 2.13. The summed E-state index contributed by atoms with van der Waals surface area (Å²) in [5.74, 6) is 5.70. The molecule has 5 heteroatoms. The average molecular weight is 294 g/mol. The van der Waals surface area contributed by atoms with E-state index in [1.54, 1.807) is 11.8 Å². The number of thioether (sulfide) groups is 1. The van der Waals surface area contributed by atoms with Crippen molar-refractivity contribution < 1.29 is 9.18 Å². The predicted molar refractivity (Wildman–Crippen MR) is 82.3 cm³/mol. The van der Waals surface area contributed by atoms with Gasteiger partial charge in [0.2, 0.25) is 0 Å². The molecule has 1 aromatic carbocycles.